The van der Waals surface area contributed by atoms with Crippen molar-refractivity contribution in [2.24, 2.45) is 13.0 Å². The molecule has 0 aromatic carbocycles. The van der Waals surface area contributed by atoms with Crippen molar-refractivity contribution in [1.29, 1.82) is 0 Å². The molecule has 0 aliphatic carbocycles. The van der Waals surface area contributed by atoms with E-state index in [0.29, 0.717) is 0 Å². The number of imidazole rings is 1. The highest BCUT2D eigenvalue weighted by molar-refractivity contribution is 9.09. The maximum absolute atomic E-state index is 11.9. The second-order valence-corrected chi connectivity index (χ2v) is 6.23. The van der Waals surface area contributed by atoms with Crippen molar-refractivity contribution in [2.45, 2.75) is 24.9 Å². The zero-order valence-corrected chi connectivity index (χ0v) is 11.9. The molecule has 2 unspecified atom stereocenters. The Balaban J connectivity index is 2.80. The summed E-state index contributed by atoms with van der Waals surface area (Å²) in [4.78, 5) is 3.83. The molecule has 5 nitrogen and oxygen atoms in total. The van der Waals surface area contributed by atoms with Gasteiger partial charge in [-0.05, 0) is 12.8 Å². The number of aromatic nitrogens is 2. The second kappa shape index (κ2) is 5.29. The van der Waals surface area contributed by atoms with Crippen molar-refractivity contribution in [3.05, 3.63) is 12.5 Å². The van der Waals surface area contributed by atoms with Gasteiger partial charge in [0.15, 0.2) is 5.03 Å². The van der Waals surface area contributed by atoms with Crippen LogP contribution >= 0.6 is 15.9 Å². The van der Waals surface area contributed by atoms with Crippen LogP contribution < -0.4 is 4.72 Å². The van der Waals surface area contributed by atoms with E-state index in [4.69, 9.17) is 0 Å². The zero-order valence-electron chi connectivity index (χ0n) is 9.51. The highest BCUT2D eigenvalue weighted by Gasteiger charge is 2.22. The average Bonchev–Trinajstić information content (AvgIpc) is 2.63. The summed E-state index contributed by atoms with van der Waals surface area (Å²) in [5.74, 6) is 0.221. The molecule has 7 heteroatoms. The molecule has 92 valence electrons. The van der Waals surface area contributed by atoms with Crippen molar-refractivity contribution in [2.75, 3.05) is 5.33 Å². The van der Waals surface area contributed by atoms with Gasteiger partial charge >= 0.3 is 0 Å². The molecule has 0 aliphatic rings. The lowest BCUT2D eigenvalue weighted by Gasteiger charge is -2.18. The van der Waals surface area contributed by atoms with E-state index in [9.17, 15) is 8.42 Å². The van der Waals surface area contributed by atoms with Gasteiger partial charge in [-0.3, -0.25) is 0 Å². The third-order valence-electron chi connectivity index (χ3n) is 2.39. The molecule has 0 spiro atoms. The smallest absolute Gasteiger partial charge is 0.259 e. The molecule has 1 heterocycles. The van der Waals surface area contributed by atoms with Gasteiger partial charge in [-0.25, -0.2) is 18.1 Å². The summed E-state index contributed by atoms with van der Waals surface area (Å²) >= 11 is 3.33. The molecule has 2 atom stereocenters. The third-order valence-corrected chi connectivity index (χ3v) is 4.86. The monoisotopic (exact) mass is 309 g/mol. The SMILES string of the molecule is CC(CBr)C(C)NS(=O)(=O)c1cn(C)cn1. The Labute approximate surface area is 104 Å². The summed E-state index contributed by atoms with van der Waals surface area (Å²) in [6.07, 6.45) is 2.95. The molecule has 1 N–H and O–H groups in total. The minimum absolute atomic E-state index is 0.0589. The lowest BCUT2D eigenvalue weighted by Crippen LogP contribution is -2.37. The van der Waals surface area contributed by atoms with Gasteiger partial charge in [-0.1, -0.05) is 22.9 Å². The van der Waals surface area contributed by atoms with E-state index in [-0.39, 0.29) is 17.0 Å². The summed E-state index contributed by atoms with van der Waals surface area (Å²) in [5.41, 5.74) is 0. The first-order valence-corrected chi connectivity index (χ1v) is 7.53. The van der Waals surface area contributed by atoms with Crippen molar-refractivity contribution >= 4 is 26.0 Å². The highest BCUT2D eigenvalue weighted by atomic mass is 79.9. The van der Waals surface area contributed by atoms with Crippen LogP contribution in [0.15, 0.2) is 17.6 Å². The van der Waals surface area contributed by atoms with Crippen LogP contribution in [0.25, 0.3) is 0 Å². The van der Waals surface area contributed by atoms with Gasteiger partial charge in [0.1, 0.15) is 0 Å². The molecular formula is C9H16BrN3O2S. The van der Waals surface area contributed by atoms with Crippen LogP contribution in [0.5, 0.6) is 0 Å². The topological polar surface area (TPSA) is 64.0 Å². The Morgan fingerprint density at radius 2 is 2.19 bits per heavy atom. The van der Waals surface area contributed by atoms with Crippen LogP contribution in [-0.4, -0.2) is 29.3 Å². The molecule has 0 saturated carbocycles. The predicted octanol–water partition coefficient (Wildman–Crippen LogP) is 1.12. The maximum Gasteiger partial charge on any atom is 0.259 e. The quantitative estimate of drug-likeness (QED) is 0.829. The van der Waals surface area contributed by atoms with Crippen molar-refractivity contribution < 1.29 is 8.42 Å². The number of nitrogens with zero attached hydrogens (tertiary/aromatic N) is 2. The standard InChI is InChI=1S/C9H16BrN3O2S/c1-7(4-10)8(2)12-16(14,15)9-5-13(3)6-11-9/h5-8,12H,4H2,1-3H3. The van der Waals surface area contributed by atoms with Gasteiger partial charge in [0.25, 0.3) is 10.0 Å². The Morgan fingerprint density at radius 3 is 2.62 bits per heavy atom. The molecular weight excluding hydrogens is 294 g/mol. The van der Waals surface area contributed by atoms with Gasteiger partial charge in [0.05, 0.1) is 6.33 Å². The fraction of sp³-hybridized carbons (Fsp3) is 0.667. The van der Waals surface area contributed by atoms with Gasteiger partial charge in [-0.2, -0.15) is 0 Å². The average molecular weight is 310 g/mol. The summed E-state index contributed by atoms with van der Waals surface area (Å²) in [5, 5.41) is 0.808. The Hall–Kier alpha value is -0.400. The van der Waals surface area contributed by atoms with E-state index in [0.717, 1.165) is 5.33 Å². The van der Waals surface area contributed by atoms with E-state index in [1.807, 2.05) is 13.8 Å². The van der Waals surface area contributed by atoms with Crippen LogP contribution in [0.2, 0.25) is 0 Å². The second-order valence-electron chi connectivity index (χ2n) is 3.92. The normalized spacial score (nSPS) is 16.0. The first-order chi connectivity index (χ1) is 7.36. The van der Waals surface area contributed by atoms with Crippen molar-refractivity contribution in [3.63, 3.8) is 0 Å². The molecule has 0 fully saturated rings. The van der Waals surface area contributed by atoms with E-state index >= 15 is 0 Å². The molecule has 0 saturated heterocycles. The fourth-order valence-electron chi connectivity index (χ4n) is 1.08. The van der Waals surface area contributed by atoms with Gasteiger partial charge in [0.2, 0.25) is 0 Å². The molecule has 1 rings (SSSR count). The number of halogens is 1. The van der Waals surface area contributed by atoms with Crippen molar-refractivity contribution in [1.82, 2.24) is 14.3 Å². The number of hydrogen-bond acceptors (Lipinski definition) is 3. The molecule has 0 aliphatic heterocycles. The van der Waals surface area contributed by atoms with E-state index in [2.05, 4.69) is 25.6 Å². The van der Waals surface area contributed by atoms with Crippen molar-refractivity contribution in [3.8, 4) is 0 Å². The minimum Gasteiger partial charge on any atom is -0.339 e. The zero-order chi connectivity index (χ0) is 12.3. The summed E-state index contributed by atoms with van der Waals surface area (Å²) in [7, 11) is -1.76. The molecule has 0 radical (unpaired) electrons. The van der Waals surface area contributed by atoms with E-state index < -0.39 is 10.0 Å². The number of hydrogen-bond donors (Lipinski definition) is 1. The summed E-state index contributed by atoms with van der Waals surface area (Å²) in [6, 6.07) is -0.133. The summed E-state index contributed by atoms with van der Waals surface area (Å²) < 4.78 is 28.0. The van der Waals surface area contributed by atoms with Crippen LogP contribution in [0.1, 0.15) is 13.8 Å². The lowest BCUT2D eigenvalue weighted by atomic mass is 10.1. The number of alkyl halides is 1. The molecule has 0 amide bonds. The lowest BCUT2D eigenvalue weighted by molar-refractivity contribution is 0.483. The van der Waals surface area contributed by atoms with Crippen LogP contribution in [0.3, 0.4) is 0 Å². The Morgan fingerprint density at radius 1 is 1.56 bits per heavy atom. The van der Waals surface area contributed by atoms with Gasteiger partial charge < -0.3 is 4.57 Å². The third kappa shape index (κ3) is 3.29. The minimum atomic E-state index is -3.50. The maximum atomic E-state index is 11.9. The number of sulfonamides is 1. The van der Waals surface area contributed by atoms with Crippen LogP contribution in [-0.2, 0) is 17.1 Å². The van der Waals surface area contributed by atoms with Gasteiger partial charge in [0, 0.05) is 24.6 Å². The summed E-state index contributed by atoms with van der Waals surface area (Å²) in [6.45, 7) is 3.81. The molecule has 1 aromatic rings. The molecule has 16 heavy (non-hydrogen) atoms. The number of rotatable bonds is 5. The molecule has 1 aromatic heterocycles. The first kappa shape index (κ1) is 13.7. The Bertz CT molecular complexity index is 443. The number of nitrogens with one attached hydrogen (secondary N) is 1. The van der Waals surface area contributed by atoms with E-state index in [1.54, 1.807) is 11.6 Å². The van der Waals surface area contributed by atoms with Gasteiger partial charge in [-0.15, -0.1) is 0 Å². The fourth-order valence-corrected chi connectivity index (χ4v) is 2.98. The number of aryl methyl sites for hydroxylation is 1. The predicted molar refractivity (Wildman–Crippen MR) is 65.9 cm³/mol. The Kier molecular flexibility index (Phi) is 4.52. The highest BCUT2D eigenvalue weighted by Crippen LogP contribution is 2.10. The molecule has 0 bridgehead atoms. The first-order valence-electron chi connectivity index (χ1n) is 4.93. The largest absolute Gasteiger partial charge is 0.339 e. The van der Waals surface area contributed by atoms with E-state index in [1.165, 1.54) is 12.5 Å². The van der Waals surface area contributed by atoms with Crippen LogP contribution in [0, 0.1) is 5.92 Å². The van der Waals surface area contributed by atoms with Crippen LogP contribution in [0.4, 0.5) is 0 Å².